The number of aromatic nitrogens is 1. The third-order valence-electron chi connectivity index (χ3n) is 4.81. The van der Waals surface area contributed by atoms with Crippen molar-refractivity contribution in [2.24, 2.45) is 0 Å². The highest BCUT2D eigenvalue weighted by Crippen LogP contribution is 2.38. The Morgan fingerprint density at radius 3 is 2.48 bits per heavy atom. The Balaban J connectivity index is 1.90. The lowest BCUT2D eigenvalue weighted by molar-refractivity contribution is -0.431. The zero-order valence-electron chi connectivity index (χ0n) is 16.6. The SMILES string of the molecule is CC1=C(C(=O)OCCc2ccccc2)[C@@H](c2cccc(C)n2)C([N+](=O)[O-])=C(C)N1. The van der Waals surface area contributed by atoms with Crippen molar-refractivity contribution in [1.82, 2.24) is 10.3 Å². The summed E-state index contributed by atoms with van der Waals surface area (Å²) >= 11 is 0. The molecule has 29 heavy (non-hydrogen) atoms. The van der Waals surface area contributed by atoms with Crippen LogP contribution in [-0.4, -0.2) is 22.5 Å². The van der Waals surface area contributed by atoms with Gasteiger partial charge in [-0.05, 0) is 38.5 Å². The van der Waals surface area contributed by atoms with E-state index in [0.717, 1.165) is 11.3 Å². The Labute approximate surface area is 169 Å². The van der Waals surface area contributed by atoms with Crippen LogP contribution in [0.3, 0.4) is 0 Å². The fourth-order valence-electron chi connectivity index (χ4n) is 3.49. The number of nitrogens with one attached hydrogen (secondary N) is 1. The zero-order valence-corrected chi connectivity index (χ0v) is 16.6. The van der Waals surface area contributed by atoms with Crippen molar-refractivity contribution >= 4 is 5.97 Å². The monoisotopic (exact) mass is 393 g/mol. The van der Waals surface area contributed by atoms with Crippen molar-refractivity contribution in [3.63, 3.8) is 0 Å². The zero-order chi connectivity index (χ0) is 21.0. The summed E-state index contributed by atoms with van der Waals surface area (Å²) in [7, 11) is 0. The number of aryl methyl sites for hydroxylation is 1. The van der Waals surface area contributed by atoms with Crippen LogP contribution in [0.5, 0.6) is 0 Å². The fourth-order valence-corrected chi connectivity index (χ4v) is 3.49. The number of carbonyl (C=O) groups is 1. The highest BCUT2D eigenvalue weighted by molar-refractivity contribution is 5.92. The molecule has 1 atom stereocenters. The molecule has 0 radical (unpaired) electrons. The second-order valence-electron chi connectivity index (χ2n) is 6.94. The Morgan fingerprint density at radius 2 is 1.83 bits per heavy atom. The summed E-state index contributed by atoms with van der Waals surface area (Å²) in [5.41, 5.74) is 3.26. The number of ether oxygens (including phenoxy) is 1. The molecular formula is C22H23N3O4. The van der Waals surface area contributed by atoms with Gasteiger partial charge in [0.2, 0.25) is 0 Å². The van der Waals surface area contributed by atoms with Gasteiger partial charge in [0, 0.05) is 17.8 Å². The average Bonchev–Trinajstić information content (AvgIpc) is 2.67. The highest BCUT2D eigenvalue weighted by atomic mass is 16.6. The van der Waals surface area contributed by atoms with E-state index < -0.39 is 16.8 Å². The second kappa shape index (κ2) is 8.68. The van der Waals surface area contributed by atoms with Crippen molar-refractivity contribution < 1.29 is 14.5 Å². The molecule has 1 aromatic heterocycles. The molecule has 1 aromatic carbocycles. The van der Waals surface area contributed by atoms with Crippen LogP contribution < -0.4 is 5.32 Å². The topological polar surface area (TPSA) is 94.4 Å². The predicted molar refractivity (Wildman–Crippen MR) is 108 cm³/mol. The molecule has 7 heteroatoms. The molecule has 1 aliphatic rings. The molecule has 0 spiro atoms. The van der Waals surface area contributed by atoms with Crippen molar-refractivity contribution in [3.05, 3.63) is 98.3 Å². The maximum Gasteiger partial charge on any atom is 0.337 e. The van der Waals surface area contributed by atoms with Gasteiger partial charge in [0.1, 0.15) is 5.92 Å². The average molecular weight is 393 g/mol. The summed E-state index contributed by atoms with van der Waals surface area (Å²) in [6.45, 7) is 5.34. The Bertz CT molecular complexity index is 996. The second-order valence-corrected chi connectivity index (χ2v) is 6.94. The summed E-state index contributed by atoms with van der Waals surface area (Å²) in [6, 6.07) is 15.0. The highest BCUT2D eigenvalue weighted by Gasteiger charge is 2.41. The summed E-state index contributed by atoms with van der Waals surface area (Å²) < 4.78 is 5.49. The van der Waals surface area contributed by atoms with E-state index in [1.54, 1.807) is 39.0 Å². The third-order valence-corrected chi connectivity index (χ3v) is 4.81. The van der Waals surface area contributed by atoms with E-state index in [1.807, 2.05) is 30.3 Å². The van der Waals surface area contributed by atoms with Gasteiger partial charge in [-0.3, -0.25) is 15.1 Å². The van der Waals surface area contributed by atoms with Crippen molar-refractivity contribution in [1.29, 1.82) is 0 Å². The summed E-state index contributed by atoms with van der Waals surface area (Å²) in [5.74, 6) is -1.47. The number of dihydropyridines is 1. The van der Waals surface area contributed by atoms with Gasteiger partial charge in [-0.25, -0.2) is 4.79 Å². The van der Waals surface area contributed by atoms with Crippen LogP contribution >= 0.6 is 0 Å². The molecule has 0 unspecified atom stereocenters. The lowest BCUT2D eigenvalue weighted by Crippen LogP contribution is -2.32. The number of esters is 1. The van der Waals surface area contributed by atoms with Crippen molar-refractivity contribution in [3.8, 4) is 0 Å². The number of allylic oxidation sites excluding steroid dienone is 3. The number of hydrogen-bond acceptors (Lipinski definition) is 6. The maximum absolute atomic E-state index is 12.9. The molecular weight excluding hydrogens is 370 g/mol. The molecule has 0 aliphatic carbocycles. The summed E-state index contributed by atoms with van der Waals surface area (Å²) in [5, 5.41) is 14.8. The minimum absolute atomic E-state index is 0.0938. The summed E-state index contributed by atoms with van der Waals surface area (Å²) in [6.07, 6.45) is 0.566. The van der Waals surface area contributed by atoms with Crippen LogP contribution in [0.2, 0.25) is 0 Å². The Morgan fingerprint density at radius 1 is 1.10 bits per heavy atom. The van der Waals surface area contributed by atoms with Crippen LogP contribution in [0.15, 0.2) is 71.2 Å². The summed E-state index contributed by atoms with van der Waals surface area (Å²) in [4.78, 5) is 28.8. The van der Waals surface area contributed by atoms with Crippen molar-refractivity contribution in [2.75, 3.05) is 6.61 Å². The quantitative estimate of drug-likeness (QED) is 0.457. The number of carbonyl (C=O) groups excluding carboxylic acids is 1. The lowest BCUT2D eigenvalue weighted by Gasteiger charge is -2.26. The first-order valence-electron chi connectivity index (χ1n) is 9.36. The molecule has 150 valence electrons. The van der Waals surface area contributed by atoms with E-state index in [1.165, 1.54) is 0 Å². The fraction of sp³-hybridized carbons (Fsp3) is 0.273. The van der Waals surface area contributed by atoms with Gasteiger partial charge < -0.3 is 10.1 Å². The molecule has 3 rings (SSSR count). The van der Waals surface area contributed by atoms with Gasteiger partial charge >= 0.3 is 5.97 Å². The van der Waals surface area contributed by atoms with Gasteiger partial charge in [0.15, 0.2) is 0 Å². The van der Waals surface area contributed by atoms with Gasteiger partial charge in [-0.1, -0.05) is 36.4 Å². The van der Waals surface area contributed by atoms with Crippen LogP contribution in [0.25, 0.3) is 0 Å². The van der Waals surface area contributed by atoms with Gasteiger partial charge in [-0.2, -0.15) is 0 Å². The van der Waals surface area contributed by atoms with Crippen LogP contribution in [-0.2, 0) is 16.0 Å². The molecule has 0 saturated carbocycles. The molecule has 2 aromatic rings. The molecule has 1 aliphatic heterocycles. The molecule has 1 N–H and O–H groups in total. The number of pyridine rings is 1. The number of hydrogen-bond donors (Lipinski definition) is 1. The molecule has 0 amide bonds. The predicted octanol–water partition coefficient (Wildman–Crippen LogP) is 3.64. The molecule has 0 bridgehead atoms. The van der Waals surface area contributed by atoms with E-state index >= 15 is 0 Å². The van der Waals surface area contributed by atoms with Gasteiger partial charge in [0.05, 0.1) is 28.5 Å². The molecule has 2 heterocycles. The van der Waals surface area contributed by atoms with Gasteiger partial charge in [0.25, 0.3) is 5.70 Å². The Hall–Kier alpha value is -3.48. The van der Waals surface area contributed by atoms with E-state index in [-0.39, 0.29) is 17.9 Å². The first-order valence-corrected chi connectivity index (χ1v) is 9.36. The number of rotatable bonds is 6. The van der Waals surface area contributed by atoms with Crippen LogP contribution in [0.4, 0.5) is 0 Å². The Kier molecular flexibility index (Phi) is 6.07. The third kappa shape index (κ3) is 4.51. The maximum atomic E-state index is 12.9. The first-order chi connectivity index (χ1) is 13.9. The normalized spacial score (nSPS) is 16.4. The van der Waals surface area contributed by atoms with E-state index in [9.17, 15) is 14.9 Å². The standard InChI is InChI=1S/C22H23N3O4/c1-14-8-7-11-18(23-14)20-19(15(2)24-16(3)21(20)25(27)28)22(26)29-13-12-17-9-5-4-6-10-17/h4-11,20,24H,12-13H2,1-3H3/t20-/m1/s1. The van der Waals surface area contributed by atoms with Gasteiger partial charge in [-0.15, -0.1) is 0 Å². The molecule has 7 nitrogen and oxygen atoms in total. The van der Waals surface area contributed by atoms with Crippen LogP contribution in [0.1, 0.15) is 36.7 Å². The molecule has 0 saturated heterocycles. The smallest absolute Gasteiger partial charge is 0.337 e. The number of benzene rings is 1. The minimum atomic E-state index is -0.893. The lowest BCUT2D eigenvalue weighted by atomic mass is 9.86. The number of nitrogens with zero attached hydrogens (tertiary/aromatic N) is 2. The van der Waals surface area contributed by atoms with Crippen molar-refractivity contribution in [2.45, 2.75) is 33.1 Å². The van der Waals surface area contributed by atoms with E-state index in [2.05, 4.69) is 10.3 Å². The minimum Gasteiger partial charge on any atom is -0.462 e. The number of nitro groups is 1. The first kappa shape index (κ1) is 20.3. The molecule has 0 fully saturated rings. The largest absolute Gasteiger partial charge is 0.462 e. The van der Waals surface area contributed by atoms with E-state index in [4.69, 9.17) is 4.74 Å². The van der Waals surface area contributed by atoms with E-state index in [0.29, 0.717) is 23.5 Å². The van der Waals surface area contributed by atoms with Crippen LogP contribution in [0, 0.1) is 17.0 Å².